The van der Waals surface area contributed by atoms with Crippen LogP contribution in [0.4, 0.5) is 0 Å². The Kier molecular flexibility index (Phi) is 10.3. The topological polar surface area (TPSA) is 0 Å². The first-order valence-electron chi connectivity index (χ1n) is 13.9. The molecule has 4 aliphatic rings. The van der Waals surface area contributed by atoms with Crippen molar-refractivity contribution in [2.45, 2.75) is 46.1 Å². The SMILES string of the molecule is CC1=CC2=C(C=CC=CC2c2ccccc2)[CH]1[Hf+2]([CH]1C(C)=CC2=C1C=CC=CC2c1ccccc1)=[Si](C)C.[Cl-].[Cl-]. The predicted molar refractivity (Wildman–Crippen MR) is 161 cm³/mol. The van der Waals surface area contributed by atoms with Gasteiger partial charge in [-0.2, -0.15) is 0 Å². The van der Waals surface area contributed by atoms with Gasteiger partial charge in [0.05, 0.1) is 0 Å². The monoisotopic (exact) mass is 746 g/mol. The minimum atomic E-state index is -2.32. The molecule has 4 heteroatoms. The number of benzene rings is 2. The zero-order chi connectivity index (χ0) is 26.2. The molecule has 0 aromatic heterocycles. The number of hydrogen-bond donors (Lipinski definition) is 0. The van der Waals surface area contributed by atoms with Crippen LogP contribution in [0.15, 0.2) is 155 Å². The van der Waals surface area contributed by atoms with Crippen LogP contribution >= 0.6 is 0 Å². The predicted octanol–water partition coefficient (Wildman–Crippen LogP) is 3.77. The molecule has 6 rings (SSSR count). The molecule has 0 amide bonds. The van der Waals surface area contributed by atoms with Crippen LogP contribution in [0.3, 0.4) is 0 Å². The van der Waals surface area contributed by atoms with Crippen LogP contribution in [0.5, 0.6) is 0 Å². The Hall–Kier alpha value is -1.97. The van der Waals surface area contributed by atoms with Crippen molar-refractivity contribution in [1.29, 1.82) is 0 Å². The van der Waals surface area contributed by atoms with E-state index in [0.717, 1.165) is 0 Å². The van der Waals surface area contributed by atoms with Gasteiger partial charge < -0.3 is 24.8 Å². The molecule has 4 atom stereocenters. The first kappa shape index (κ1) is 31.0. The molecule has 0 spiro atoms. The van der Waals surface area contributed by atoms with Crippen LogP contribution in [0, 0.1) is 0 Å². The van der Waals surface area contributed by atoms with Crippen molar-refractivity contribution in [2.75, 3.05) is 0 Å². The fraction of sp³-hybridized carbons (Fsp3) is 0.222. The van der Waals surface area contributed by atoms with Crippen LogP contribution in [-0.4, -0.2) is 5.49 Å². The molecule has 4 unspecified atom stereocenters. The summed E-state index contributed by atoms with van der Waals surface area (Å²) in [5, 5.41) is 0. The largest absolute Gasteiger partial charge is 1.00 e. The van der Waals surface area contributed by atoms with Crippen LogP contribution in [-0.2, 0) is 20.1 Å². The summed E-state index contributed by atoms with van der Waals surface area (Å²) >= 11 is -2.32. The van der Waals surface area contributed by atoms with Crippen molar-refractivity contribution in [1.82, 2.24) is 0 Å². The maximum Gasteiger partial charge on any atom is -1.00 e. The summed E-state index contributed by atoms with van der Waals surface area (Å²) in [6.07, 6.45) is 24.1. The molecule has 0 N–H and O–H groups in total. The van der Waals surface area contributed by atoms with E-state index in [1.54, 1.807) is 33.4 Å². The molecule has 0 heterocycles. The van der Waals surface area contributed by atoms with E-state index in [2.05, 4.69) is 148 Å². The van der Waals surface area contributed by atoms with Crippen LogP contribution < -0.4 is 24.8 Å². The average molecular weight is 746 g/mol. The molecule has 0 nitrogen and oxygen atoms in total. The fourth-order valence-electron chi connectivity index (χ4n) is 6.92. The van der Waals surface area contributed by atoms with Gasteiger partial charge in [0.25, 0.3) is 0 Å². The van der Waals surface area contributed by atoms with Crippen molar-refractivity contribution < 1.29 is 44.9 Å². The van der Waals surface area contributed by atoms with E-state index < -0.39 is 25.6 Å². The summed E-state index contributed by atoms with van der Waals surface area (Å²) in [7, 11) is 0. The van der Waals surface area contributed by atoms with Crippen molar-refractivity contribution >= 4 is 5.49 Å². The zero-order valence-corrected chi connectivity index (χ0v) is 29.7. The zero-order valence-electron chi connectivity index (χ0n) is 23.6. The summed E-state index contributed by atoms with van der Waals surface area (Å²) in [4.78, 5) is 0. The van der Waals surface area contributed by atoms with Gasteiger partial charge in [0.2, 0.25) is 0 Å². The number of hydrogen-bond acceptors (Lipinski definition) is 0. The van der Waals surface area contributed by atoms with E-state index in [0.29, 0.717) is 19.2 Å². The second-order valence-corrected chi connectivity index (χ2v) is 36.1. The summed E-state index contributed by atoms with van der Waals surface area (Å²) in [6.45, 7) is 10.1. The molecule has 0 fully saturated rings. The molecule has 4 aliphatic carbocycles. The van der Waals surface area contributed by atoms with E-state index >= 15 is 0 Å². The molecule has 0 bridgehead atoms. The smallest absolute Gasteiger partial charge is 1.00 e. The third-order valence-corrected chi connectivity index (χ3v) is 36.8. The van der Waals surface area contributed by atoms with Crippen molar-refractivity contribution in [3.63, 3.8) is 0 Å². The van der Waals surface area contributed by atoms with Gasteiger partial charge in [-0.3, -0.25) is 0 Å². The van der Waals surface area contributed by atoms with Crippen LogP contribution in [0.25, 0.3) is 0 Å². The molecule has 40 heavy (non-hydrogen) atoms. The third-order valence-electron chi connectivity index (χ3n) is 8.53. The second-order valence-electron chi connectivity index (χ2n) is 11.2. The molecule has 0 aliphatic heterocycles. The van der Waals surface area contributed by atoms with Gasteiger partial charge in [0.1, 0.15) is 0 Å². The number of allylic oxidation sites excluding steroid dienone is 16. The molecule has 202 valence electrons. The number of rotatable bonds is 4. The Morgan fingerprint density at radius 3 is 1.32 bits per heavy atom. The van der Waals surface area contributed by atoms with Crippen LogP contribution in [0.2, 0.25) is 20.4 Å². The molecule has 2 aromatic rings. The first-order chi connectivity index (χ1) is 18.5. The number of halogens is 2. The fourth-order valence-corrected chi connectivity index (χ4v) is 36.4. The molecule has 0 radical (unpaired) electrons. The summed E-state index contributed by atoms with van der Waals surface area (Å²) in [5.41, 5.74) is 12.0. The Labute approximate surface area is 260 Å². The molecular weight excluding hydrogens is 710 g/mol. The van der Waals surface area contributed by atoms with Gasteiger partial charge in [-0.1, -0.05) is 0 Å². The Morgan fingerprint density at radius 2 is 0.950 bits per heavy atom. The van der Waals surface area contributed by atoms with Crippen molar-refractivity contribution in [2.24, 2.45) is 0 Å². The van der Waals surface area contributed by atoms with Gasteiger partial charge in [0.15, 0.2) is 0 Å². The van der Waals surface area contributed by atoms with E-state index in [1.165, 1.54) is 11.1 Å². The summed E-state index contributed by atoms with van der Waals surface area (Å²) in [6, 6.07) is 22.2. The summed E-state index contributed by atoms with van der Waals surface area (Å²) in [5.74, 6) is 0.690. The maximum atomic E-state index is 2.63. The van der Waals surface area contributed by atoms with Gasteiger partial charge in [-0.25, -0.2) is 0 Å². The molecular formula is C36H36Cl2HfSi. The first-order valence-corrected chi connectivity index (χ1v) is 25.9. The molecule has 2 aromatic carbocycles. The molecule has 0 saturated heterocycles. The standard InChI is InChI=1S/2C17H15.C2H6Si.2ClH.Hf/c2*1-13-11-15-9-5-6-10-16(17(15)12-13)14-7-3-2-4-8-14;1-3-2;;;/h2*2-12,16H,1H3;1-2H3;2*1H;/q;;;;;+2/p-2. The minimum Gasteiger partial charge on any atom is -1.00 e. The van der Waals surface area contributed by atoms with Crippen molar-refractivity contribution in [3.05, 3.63) is 166 Å². The minimum absolute atomic E-state index is 0. The van der Waals surface area contributed by atoms with E-state index in [1.807, 2.05) is 0 Å². The average Bonchev–Trinajstić information content (AvgIpc) is 3.21. The third kappa shape index (κ3) is 5.70. The van der Waals surface area contributed by atoms with Crippen molar-refractivity contribution in [3.8, 4) is 0 Å². The quantitative estimate of drug-likeness (QED) is 0.419. The van der Waals surface area contributed by atoms with E-state index in [-0.39, 0.29) is 24.8 Å². The molecule has 0 saturated carbocycles. The Morgan fingerprint density at radius 1 is 0.550 bits per heavy atom. The maximum absolute atomic E-state index is 2.63. The second kappa shape index (κ2) is 13.3. The van der Waals surface area contributed by atoms with E-state index in [4.69, 9.17) is 0 Å². The van der Waals surface area contributed by atoms with Crippen LogP contribution in [0.1, 0.15) is 36.8 Å². The summed E-state index contributed by atoms with van der Waals surface area (Å²) < 4.78 is 1.34. The van der Waals surface area contributed by atoms with Gasteiger partial charge >= 0.3 is 238 Å². The van der Waals surface area contributed by atoms with Gasteiger partial charge in [-0.05, 0) is 0 Å². The normalized spacial score (nSPS) is 24.1. The van der Waals surface area contributed by atoms with Gasteiger partial charge in [0, 0.05) is 0 Å². The Bertz CT molecular complexity index is 1430. The van der Waals surface area contributed by atoms with E-state index in [9.17, 15) is 0 Å². The Balaban J connectivity index is 0.00000185. The van der Waals surface area contributed by atoms with Gasteiger partial charge in [-0.15, -0.1) is 0 Å².